The average molecular weight is 1120 g/mol. The molecule has 0 aromatic heterocycles. The van der Waals surface area contributed by atoms with E-state index in [-0.39, 0.29) is 11.3 Å². The van der Waals surface area contributed by atoms with Crippen molar-refractivity contribution in [1.82, 2.24) is 0 Å². The SMILES string of the molecule is [C-]#[N+]C1=C(c2ccc([N+]#[C-])cc2)/C(=C(/c2c(F)c(F)c(C#N)c(F)c2F)c2c(F)c(F)c([N+]#[C-])c(F)c2F)c2cc3c(cc21)/C(=C(/c1c(F)c(F)c(C#N)c(F)c1F)c1c(F)c(F)c([N+]#[C-])c(F)c1F)C(c1ccc(C#N)cc1)=C3C#N. The molecule has 2 aliphatic rings. The minimum atomic E-state index is -2.74. The number of allylic oxidation sites excluding steroid dienone is 5. The van der Waals surface area contributed by atoms with Crippen LogP contribution in [0, 0.1) is 165 Å². The minimum Gasteiger partial charge on any atom is -0.238 e. The molecule has 7 aromatic carbocycles. The van der Waals surface area contributed by atoms with E-state index in [0.29, 0.717) is 12.1 Å². The molecule has 2 aliphatic carbocycles. The number of hydrogen-bond donors (Lipinski definition) is 0. The predicted octanol–water partition coefficient (Wildman–Crippen LogP) is 16.3. The van der Waals surface area contributed by atoms with Crippen molar-refractivity contribution in [3.05, 3.63) is 272 Å². The van der Waals surface area contributed by atoms with Gasteiger partial charge in [-0.2, -0.15) is 21.0 Å². The summed E-state index contributed by atoms with van der Waals surface area (Å²) in [6.07, 6.45) is 0. The lowest BCUT2D eigenvalue weighted by atomic mass is 9.82. The number of rotatable bonds is 6. The smallest absolute Gasteiger partial charge is 0.238 e. The van der Waals surface area contributed by atoms with Gasteiger partial charge in [0.1, 0.15) is 29.3 Å². The summed E-state index contributed by atoms with van der Waals surface area (Å²) < 4.78 is 262. The van der Waals surface area contributed by atoms with E-state index in [9.17, 15) is 21.0 Å². The zero-order valence-electron chi connectivity index (χ0n) is 39.4. The molecular weight excluding hydrogens is 1110 g/mol. The largest absolute Gasteiger partial charge is 0.262 e. The first-order valence-electron chi connectivity index (χ1n) is 22.0. The van der Waals surface area contributed by atoms with Gasteiger partial charge in [0.05, 0.1) is 65.7 Å². The Balaban J connectivity index is 1.64. The molecule has 8 nitrogen and oxygen atoms in total. The van der Waals surface area contributed by atoms with Gasteiger partial charge in [0.25, 0.3) is 11.4 Å². The van der Waals surface area contributed by atoms with Crippen molar-refractivity contribution in [2.45, 2.75) is 0 Å². The van der Waals surface area contributed by atoms with Crippen molar-refractivity contribution in [3.8, 4) is 24.3 Å². The van der Waals surface area contributed by atoms with Gasteiger partial charge in [-0.1, -0.05) is 42.5 Å². The molecule has 0 atom stereocenters. The van der Waals surface area contributed by atoms with Crippen LogP contribution in [0.15, 0.2) is 60.7 Å². The highest BCUT2D eigenvalue weighted by molar-refractivity contribution is 6.34. The maximum Gasteiger partial charge on any atom is 0.262 e. The van der Waals surface area contributed by atoms with Crippen LogP contribution in [0.4, 0.5) is 87.3 Å². The molecule has 394 valence electrons. The van der Waals surface area contributed by atoms with E-state index in [0.717, 1.165) is 60.7 Å². The fourth-order valence-electron chi connectivity index (χ4n) is 9.46. The van der Waals surface area contributed by atoms with Crippen LogP contribution in [-0.2, 0) is 0 Å². The van der Waals surface area contributed by atoms with Gasteiger partial charge in [0.15, 0.2) is 98.8 Å². The lowest BCUT2D eigenvalue weighted by Gasteiger charge is -2.22. The van der Waals surface area contributed by atoms with Gasteiger partial charge in [-0.15, -0.1) is 0 Å². The van der Waals surface area contributed by atoms with Crippen LogP contribution in [0.1, 0.15) is 72.3 Å². The Kier molecular flexibility index (Phi) is 13.6. The molecule has 0 radical (unpaired) electrons. The molecule has 0 unspecified atom stereocenters. The molecule has 0 saturated carbocycles. The number of hydrogen-bond acceptors (Lipinski definition) is 4. The molecule has 9 rings (SSSR count). The maximum atomic E-state index is 16.8. The lowest BCUT2D eigenvalue weighted by molar-refractivity contribution is 0.443. The van der Waals surface area contributed by atoms with Crippen LogP contribution in [0.5, 0.6) is 0 Å². The highest BCUT2D eigenvalue weighted by atomic mass is 19.2. The quantitative estimate of drug-likeness (QED) is 0.0937. The standard InChI is InChI=1S/C58H10F16N8/c1-79-22-11-9-21(10-12-22)31-33(35(37-46(65)42(61)29(18-78)43(62)47(37)66)39-50(69)54(73)58(82-4)55(74)51(39)70)25-13-23-24(14-26(25)56(31)80-2)32(30(27(23)16-76)20-7-5-19(15-75)6-8-20)34(36-44(63)40(59)28(17-77)41(60)45(36)64)38-48(67)52(71)57(81-3)53(72)49(38)68/h5-14H/b34-32+,35-33-. The van der Waals surface area contributed by atoms with Crippen molar-refractivity contribution in [3.63, 3.8) is 0 Å². The van der Waals surface area contributed by atoms with Crippen LogP contribution < -0.4 is 0 Å². The summed E-state index contributed by atoms with van der Waals surface area (Å²) in [7, 11) is 0. The number of fused-ring (bicyclic) bond motifs is 2. The molecule has 24 heteroatoms. The van der Waals surface area contributed by atoms with E-state index >= 15 is 70.2 Å². The summed E-state index contributed by atoms with van der Waals surface area (Å²) in [4.78, 5) is 11.3. The molecule has 0 fully saturated rings. The first kappa shape index (κ1) is 55.1. The van der Waals surface area contributed by atoms with Crippen LogP contribution in [0.2, 0.25) is 0 Å². The zero-order valence-corrected chi connectivity index (χ0v) is 39.4. The summed E-state index contributed by atoms with van der Waals surface area (Å²) in [5, 5.41) is 39.7. The Bertz CT molecular complexity index is 4130. The molecule has 0 spiro atoms. The molecule has 0 N–H and O–H groups in total. The summed E-state index contributed by atoms with van der Waals surface area (Å²) in [5.41, 5.74) is -33.3. The molecule has 0 aliphatic heterocycles. The summed E-state index contributed by atoms with van der Waals surface area (Å²) in [6.45, 7) is 30.3. The molecule has 82 heavy (non-hydrogen) atoms. The maximum absolute atomic E-state index is 16.8. The van der Waals surface area contributed by atoms with E-state index < -0.39 is 216 Å². The molecule has 0 heterocycles. The third-order valence-electron chi connectivity index (χ3n) is 13.0. The Labute approximate surface area is 447 Å². The first-order valence-corrected chi connectivity index (χ1v) is 22.0. The van der Waals surface area contributed by atoms with E-state index in [1.165, 1.54) is 0 Å². The minimum absolute atomic E-state index is 0.217. The van der Waals surface area contributed by atoms with Crippen molar-refractivity contribution >= 4 is 61.8 Å². The summed E-state index contributed by atoms with van der Waals surface area (Å²) in [6, 6.07) is 13.5. The van der Waals surface area contributed by atoms with E-state index in [1.54, 1.807) is 12.1 Å². The normalized spacial score (nSPS) is 13.5. The second-order valence-corrected chi connectivity index (χ2v) is 16.9. The van der Waals surface area contributed by atoms with Crippen molar-refractivity contribution < 1.29 is 70.2 Å². The second kappa shape index (κ2) is 20.3. The van der Waals surface area contributed by atoms with E-state index in [2.05, 4.69) is 19.4 Å². The summed E-state index contributed by atoms with van der Waals surface area (Å²) in [5.74, 6) is -42.8. The van der Waals surface area contributed by atoms with Crippen LogP contribution in [0.25, 0.3) is 64.1 Å². The van der Waals surface area contributed by atoms with Gasteiger partial charge in [-0.25, -0.2) is 89.6 Å². The Morgan fingerprint density at radius 1 is 0.341 bits per heavy atom. The second-order valence-electron chi connectivity index (χ2n) is 16.9. The fraction of sp³-hybridized carbons (Fsp3) is 0. The molecular formula is C58H10F16N8. The number of nitriles is 4. The Morgan fingerprint density at radius 2 is 0.683 bits per heavy atom. The van der Waals surface area contributed by atoms with E-state index in [4.69, 9.17) is 26.3 Å². The van der Waals surface area contributed by atoms with Crippen molar-refractivity contribution in [2.75, 3.05) is 0 Å². The average Bonchev–Trinajstić information content (AvgIpc) is 3.50. The molecule has 7 aromatic rings. The number of benzene rings is 7. The third-order valence-corrected chi connectivity index (χ3v) is 13.0. The van der Waals surface area contributed by atoms with Gasteiger partial charge in [-0.05, 0) is 57.2 Å². The fourth-order valence-corrected chi connectivity index (χ4v) is 9.46. The third kappa shape index (κ3) is 7.71. The highest BCUT2D eigenvalue weighted by Gasteiger charge is 2.44. The molecule has 0 bridgehead atoms. The highest BCUT2D eigenvalue weighted by Crippen LogP contribution is 2.59. The van der Waals surface area contributed by atoms with Gasteiger partial charge < -0.3 is 0 Å². The Morgan fingerprint density at radius 3 is 1.02 bits per heavy atom. The van der Waals surface area contributed by atoms with Crippen molar-refractivity contribution in [2.24, 2.45) is 0 Å². The first-order chi connectivity index (χ1) is 39.1. The Hall–Kier alpha value is -11.7. The van der Waals surface area contributed by atoms with Gasteiger partial charge in [-0.3, -0.25) is 0 Å². The molecule has 0 saturated heterocycles. The number of halogens is 16. The monoisotopic (exact) mass is 1120 g/mol. The van der Waals surface area contributed by atoms with Crippen molar-refractivity contribution in [1.29, 1.82) is 21.0 Å². The van der Waals surface area contributed by atoms with Gasteiger partial charge in [0, 0.05) is 27.9 Å². The van der Waals surface area contributed by atoms with Crippen LogP contribution in [-0.4, -0.2) is 0 Å². The zero-order chi connectivity index (χ0) is 59.8. The van der Waals surface area contributed by atoms with E-state index in [1.807, 2.05) is 0 Å². The number of nitrogens with zero attached hydrogens (tertiary/aromatic N) is 8. The van der Waals surface area contributed by atoms with Gasteiger partial charge >= 0.3 is 0 Å². The van der Waals surface area contributed by atoms with Crippen LogP contribution in [0.3, 0.4) is 0 Å². The molecule has 0 amide bonds. The summed E-state index contributed by atoms with van der Waals surface area (Å²) >= 11 is 0. The van der Waals surface area contributed by atoms with Crippen LogP contribution >= 0.6 is 0 Å². The van der Waals surface area contributed by atoms with Gasteiger partial charge in [0.2, 0.25) is 5.70 Å². The predicted molar refractivity (Wildman–Crippen MR) is 255 cm³/mol. The topological polar surface area (TPSA) is 113 Å². The lowest BCUT2D eigenvalue weighted by Crippen LogP contribution is -2.13.